The van der Waals surface area contributed by atoms with Crippen molar-refractivity contribution < 1.29 is 14.6 Å². The van der Waals surface area contributed by atoms with E-state index in [9.17, 15) is 9.90 Å². The van der Waals surface area contributed by atoms with Crippen molar-refractivity contribution in [1.29, 1.82) is 0 Å². The molecule has 2 aromatic rings. The van der Waals surface area contributed by atoms with E-state index >= 15 is 0 Å². The van der Waals surface area contributed by atoms with Crippen molar-refractivity contribution in [2.24, 2.45) is 5.10 Å². The van der Waals surface area contributed by atoms with E-state index in [-0.39, 0.29) is 5.75 Å². The van der Waals surface area contributed by atoms with Gasteiger partial charge in [0, 0.05) is 11.6 Å². The third-order valence-corrected chi connectivity index (χ3v) is 3.06. The van der Waals surface area contributed by atoms with Crippen molar-refractivity contribution in [2.45, 2.75) is 0 Å². The average molecular weight is 305 g/mol. The number of carbonyl (C=O) groups excluding carboxylic acids is 1. The summed E-state index contributed by atoms with van der Waals surface area (Å²) < 4.78 is 4.97. The fourth-order valence-electron chi connectivity index (χ4n) is 1.63. The number of methoxy groups -OCH3 is 1. The summed E-state index contributed by atoms with van der Waals surface area (Å²) in [6, 6.07) is 11.4. The lowest BCUT2D eigenvalue weighted by molar-refractivity contribution is 0.0955. The molecule has 2 N–H and O–H groups in total. The van der Waals surface area contributed by atoms with Crippen LogP contribution in [0.15, 0.2) is 47.6 Å². The normalized spacial score (nSPS) is 10.6. The topological polar surface area (TPSA) is 70.9 Å². The summed E-state index contributed by atoms with van der Waals surface area (Å²) in [6.07, 6.45) is 1.34. The van der Waals surface area contributed by atoms with Crippen LogP contribution in [0.25, 0.3) is 0 Å². The Labute approximate surface area is 126 Å². The third-order valence-electron chi connectivity index (χ3n) is 2.73. The number of aromatic hydroxyl groups is 1. The van der Waals surface area contributed by atoms with E-state index in [0.29, 0.717) is 21.9 Å². The number of benzene rings is 2. The second-order valence-electron chi connectivity index (χ2n) is 4.10. The summed E-state index contributed by atoms with van der Waals surface area (Å²) in [5.41, 5.74) is 3.13. The number of phenolic OH excluding ortho intramolecular Hbond substituents is 1. The van der Waals surface area contributed by atoms with Gasteiger partial charge in [-0.1, -0.05) is 23.7 Å². The van der Waals surface area contributed by atoms with Crippen molar-refractivity contribution in [3.63, 3.8) is 0 Å². The van der Waals surface area contributed by atoms with Crippen LogP contribution in [0.5, 0.6) is 11.5 Å². The summed E-state index contributed by atoms with van der Waals surface area (Å²) in [6.45, 7) is 0. The predicted octanol–water partition coefficient (Wildman–Crippen LogP) is 2.82. The number of hydrogen-bond donors (Lipinski definition) is 2. The van der Waals surface area contributed by atoms with Crippen LogP contribution in [0, 0.1) is 0 Å². The Kier molecular flexibility index (Phi) is 4.79. The maximum absolute atomic E-state index is 11.8. The number of rotatable bonds is 4. The van der Waals surface area contributed by atoms with E-state index in [4.69, 9.17) is 16.3 Å². The molecule has 0 bridgehead atoms. The van der Waals surface area contributed by atoms with Crippen molar-refractivity contribution in [1.82, 2.24) is 5.43 Å². The van der Waals surface area contributed by atoms with Crippen LogP contribution >= 0.6 is 11.6 Å². The van der Waals surface area contributed by atoms with Gasteiger partial charge >= 0.3 is 0 Å². The smallest absolute Gasteiger partial charge is 0.272 e. The molecule has 6 heteroatoms. The maximum atomic E-state index is 11.8. The van der Waals surface area contributed by atoms with Gasteiger partial charge in [-0.25, -0.2) is 5.43 Å². The molecule has 0 heterocycles. The van der Waals surface area contributed by atoms with Crippen LogP contribution < -0.4 is 10.2 Å². The molecule has 2 rings (SSSR count). The van der Waals surface area contributed by atoms with Gasteiger partial charge in [0.15, 0.2) is 0 Å². The molecule has 1 amide bonds. The zero-order valence-electron chi connectivity index (χ0n) is 11.2. The molecule has 2 aromatic carbocycles. The number of hydrazone groups is 1. The Morgan fingerprint density at radius 2 is 2.10 bits per heavy atom. The molecule has 0 fully saturated rings. The minimum atomic E-state index is -0.426. The molecule has 108 valence electrons. The highest BCUT2D eigenvalue weighted by Crippen LogP contribution is 2.21. The number of halogens is 1. The molecular formula is C15H13ClN2O3. The minimum absolute atomic E-state index is 0.00472. The number of nitrogens with zero attached hydrogens (tertiary/aromatic N) is 1. The van der Waals surface area contributed by atoms with Gasteiger partial charge < -0.3 is 9.84 Å². The van der Waals surface area contributed by atoms with Gasteiger partial charge in [-0.05, 0) is 24.3 Å². The average Bonchev–Trinajstić information content (AvgIpc) is 2.49. The molecule has 0 aromatic heterocycles. The monoisotopic (exact) mass is 304 g/mol. The first-order valence-electron chi connectivity index (χ1n) is 6.06. The molecule has 0 aliphatic carbocycles. The number of ether oxygens (including phenoxy) is 1. The van der Waals surface area contributed by atoms with E-state index in [2.05, 4.69) is 10.5 Å². The molecular weight excluding hydrogens is 292 g/mol. The maximum Gasteiger partial charge on any atom is 0.272 e. The third kappa shape index (κ3) is 3.73. The van der Waals surface area contributed by atoms with Gasteiger partial charge in [-0.3, -0.25) is 4.79 Å². The highest BCUT2D eigenvalue weighted by Gasteiger charge is 2.08. The standard InChI is InChI=1S/C15H13ClN2O3/c1-21-11-7-6-10(14(19)8-11)9-17-18-15(20)12-4-2-3-5-13(12)16/h2-9,19H,1H3,(H,18,20)/b17-9+. The van der Waals surface area contributed by atoms with Crippen LogP contribution in [0.4, 0.5) is 0 Å². The molecule has 5 nitrogen and oxygen atoms in total. The second-order valence-corrected chi connectivity index (χ2v) is 4.51. The zero-order chi connectivity index (χ0) is 15.2. The molecule has 0 aliphatic rings. The van der Waals surface area contributed by atoms with E-state index < -0.39 is 5.91 Å². The van der Waals surface area contributed by atoms with E-state index in [1.165, 1.54) is 19.4 Å². The minimum Gasteiger partial charge on any atom is -0.507 e. The fourth-order valence-corrected chi connectivity index (χ4v) is 1.85. The van der Waals surface area contributed by atoms with Crippen LogP contribution in [0.3, 0.4) is 0 Å². The lowest BCUT2D eigenvalue weighted by Gasteiger charge is -2.03. The summed E-state index contributed by atoms with van der Waals surface area (Å²) in [5, 5.41) is 13.9. The Morgan fingerprint density at radius 1 is 1.33 bits per heavy atom. The highest BCUT2D eigenvalue weighted by molar-refractivity contribution is 6.33. The summed E-state index contributed by atoms with van der Waals surface area (Å²) in [5.74, 6) is 0.111. The summed E-state index contributed by atoms with van der Waals surface area (Å²) in [4.78, 5) is 11.8. The van der Waals surface area contributed by atoms with E-state index in [1.54, 1.807) is 36.4 Å². The van der Waals surface area contributed by atoms with Crippen LogP contribution in [-0.2, 0) is 0 Å². The van der Waals surface area contributed by atoms with Crippen molar-refractivity contribution in [3.05, 3.63) is 58.6 Å². The first-order chi connectivity index (χ1) is 10.1. The largest absolute Gasteiger partial charge is 0.507 e. The predicted molar refractivity (Wildman–Crippen MR) is 81.2 cm³/mol. The number of nitrogens with one attached hydrogen (secondary N) is 1. The van der Waals surface area contributed by atoms with Crippen LogP contribution in [-0.4, -0.2) is 24.3 Å². The van der Waals surface area contributed by atoms with Gasteiger partial charge in [-0.15, -0.1) is 0 Å². The van der Waals surface area contributed by atoms with Gasteiger partial charge in [0.25, 0.3) is 5.91 Å². The lowest BCUT2D eigenvalue weighted by atomic mass is 10.2. The number of phenols is 1. The van der Waals surface area contributed by atoms with Gasteiger partial charge in [-0.2, -0.15) is 5.10 Å². The summed E-state index contributed by atoms with van der Waals surface area (Å²) in [7, 11) is 1.51. The SMILES string of the molecule is COc1ccc(/C=N/NC(=O)c2ccccc2Cl)c(O)c1. The number of hydrogen-bond acceptors (Lipinski definition) is 4. The first kappa shape index (κ1) is 14.9. The number of carbonyl (C=O) groups is 1. The fraction of sp³-hybridized carbons (Fsp3) is 0.0667. The number of amides is 1. The molecule has 21 heavy (non-hydrogen) atoms. The Hall–Kier alpha value is -2.53. The quantitative estimate of drug-likeness (QED) is 0.674. The van der Waals surface area contributed by atoms with Crippen LogP contribution in [0.1, 0.15) is 15.9 Å². The van der Waals surface area contributed by atoms with Gasteiger partial charge in [0.2, 0.25) is 0 Å². The summed E-state index contributed by atoms with van der Waals surface area (Å²) >= 11 is 5.91. The van der Waals surface area contributed by atoms with Gasteiger partial charge in [0.1, 0.15) is 11.5 Å². The molecule has 0 saturated heterocycles. The molecule has 0 radical (unpaired) electrons. The van der Waals surface area contributed by atoms with Crippen molar-refractivity contribution in [2.75, 3.05) is 7.11 Å². The van der Waals surface area contributed by atoms with Crippen molar-refractivity contribution in [3.8, 4) is 11.5 Å². The zero-order valence-corrected chi connectivity index (χ0v) is 12.0. The first-order valence-corrected chi connectivity index (χ1v) is 6.44. The molecule has 0 saturated carbocycles. The molecule has 0 atom stereocenters. The Balaban J connectivity index is 2.06. The highest BCUT2D eigenvalue weighted by atomic mass is 35.5. The van der Waals surface area contributed by atoms with Crippen LogP contribution in [0.2, 0.25) is 5.02 Å². The van der Waals surface area contributed by atoms with Gasteiger partial charge in [0.05, 0.1) is 23.9 Å². The molecule has 0 spiro atoms. The molecule has 0 unspecified atom stereocenters. The second kappa shape index (κ2) is 6.76. The van der Waals surface area contributed by atoms with Crippen molar-refractivity contribution >= 4 is 23.7 Å². The lowest BCUT2D eigenvalue weighted by Crippen LogP contribution is -2.17. The Morgan fingerprint density at radius 3 is 2.76 bits per heavy atom. The molecule has 0 aliphatic heterocycles. The van der Waals surface area contributed by atoms with E-state index in [1.807, 2.05) is 0 Å². The Bertz CT molecular complexity index is 686. The van der Waals surface area contributed by atoms with E-state index in [0.717, 1.165) is 0 Å².